The molecule has 6 fully saturated rings. The third-order valence-electron chi connectivity index (χ3n) is 17.9. The minimum absolute atomic E-state index is 0.0594. The van der Waals surface area contributed by atoms with E-state index < -0.39 is 246 Å². The van der Waals surface area contributed by atoms with E-state index in [0.29, 0.717) is 12.4 Å². The molecule has 0 spiro atoms. The van der Waals surface area contributed by atoms with E-state index in [4.69, 9.17) is 56.8 Å². The molecule has 19 N–H and O–H groups in total. The van der Waals surface area contributed by atoms with Gasteiger partial charge in [0.05, 0.1) is 45.7 Å². The lowest BCUT2D eigenvalue weighted by atomic mass is 9.93. The summed E-state index contributed by atoms with van der Waals surface area (Å²) in [6, 6.07) is -2.45. The fourth-order valence-electron chi connectivity index (χ4n) is 12.7. The van der Waals surface area contributed by atoms with E-state index in [9.17, 15) is 95.5 Å². The van der Waals surface area contributed by atoms with Crippen molar-refractivity contribution in [2.75, 3.05) is 39.6 Å². The zero-order valence-corrected chi connectivity index (χ0v) is 55.4. The van der Waals surface area contributed by atoms with E-state index in [0.717, 1.165) is 53.4 Å². The van der Waals surface area contributed by atoms with E-state index in [-0.39, 0.29) is 5.56 Å². The highest BCUT2D eigenvalue weighted by molar-refractivity contribution is 5.94. The number of aliphatic hydroxyl groups is 14. The molecule has 560 valence electrons. The first kappa shape index (κ1) is 80.7. The van der Waals surface area contributed by atoms with Gasteiger partial charge in [-0.3, -0.25) is 24.0 Å². The second kappa shape index (κ2) is 38.0. The Morgan fingerprint density at radius 3 is 1.26 bits per heavy atom. The van der Waals surface area contributed by atoms with E-state index in [1.165, 1.54) is 51.2 Å². The minimum Gasteiger partial charge on any atom is -0.494 e. The van der Waals surface area contributed by atoms with Crippen molar-refractivity contribution in [1.82, 2.24) is 26.6 Å². The summed E-state index contributed by atoms with van der Waals surface area (Å²) in [5, 5.41) is 168. The van der Waals surface area contributed by atoms with E-state index in [1.807, 2.05) is 0 Å². The SMILES string of the molecule is CCCCCCCCCCCOc1cccc(C(=O)N[C@H]2C(O)[C@H](O)C(CO)O[C@H]2O[C@@H]2C(CO)OC(OC3C(CO)O[C@@H](O[C@@H]4C(CO)OC(OC5C(CO[C@@H]6OC(C)[C@@H](O)C(O)[C@H]6O)OC(O)[C@@H](NC(C)=O)[C@H]5O)C(NC(C)=O)C4O)[C@@H](NC(C)=O)[C@H]3O)C(NC(C)=O)C2O)c1. The quantitative estimate of drug-likeness (QED) is 0.0298. The van der Waals surface area contributed by atoms with Gasteiger partial charge in [0.15, 0.2) is 37.7 Å². The average Bonchev–Trinajstić information content (AvgIpc) is 0.771. The molecule has 6 aliphatic heterocycles. The first-order valence-corrected chi connectivity index (χ1v) is 33.2. The largest absolute Gasteiger partial charge is 0.494 e. The van der Waals surface area contributed by atoms with Crippen LogP contribution >= 0.6 is 0 Å². The number of unbranched alkanes of at least 4 members (excludes halogenated alkanes) is 8. The van der Waals surface area contributed by atoms with Crippen LogP contribution in [0.15, 0.2) is 24.3 Å². The van der Waals surface area contributed by atoms with E-state index >= 15 is 0 Å². The predicted octanol–water partition coefficient (Wildman–Crippen LogP) is -7.15. The molecule has 98 heavy (non-hydrogen) atoms. The van der Waals surface area contributed by atoms with Gasteiger partial charge in [0.25, 0.3) is 5.91 Å². The molecule has 0 bridgehead atoms. The molecule has 36 nitrogen and oxygen atoms in total. The van der Waals surface area contributed by atoms with Crippen molar-refractivity contribution in [3.63, 3.8) is 0 Å². The van der Waals surface area contributed by atoms with E-state index in [2.05, 4.69) is 33.5 Å². The maximum Gasteiger partial charge on any atom is 0.251 e. The first-order valence-electron chi connectivity index (χ1n) is 33.2. The van der Waals surface area contributed by atoms with Crippen LogP contribution in [0.1, 0.15) is 110 Å². The molecule has 6 heterocycles. The number of nitrogens with one attached hydrogen (secondary N) is 5. The van der Waals surface area contributed by atoms with Crippen LogP contribution in [0.3, 0.4) is 0 Å². The number of carbonyl (C=O) groups excluding carboxylic acids is 5. The number of benzene rings is 1. The standard InChI is InChI=1S/C62H101N5O31/c1-7-8-9-10-11-12-13-14-15-19-87-32-18-16-17-31(20-32)56(85)67-39-45(78)44(77)33(21-68)91-58(39)95-52-34(22-69)92-59(40(47(52)80)64-28(4)73)96-53-35(23-70)93-60(41(48(53)81)65-29(5)74)97-54-36(24-71)94-61(42(49(54)82)66-30(6)75)98-55-37(90-57(86)38(46(55)79)63-27(3)72)25-88-62-51(84)50(83)43(76)26(2)89-62/h16-18,20,26,33-55,57-62,68-71,76-84,86H,7-15,19,21-25H2,1-6H3,(H,63,72)(H,64,73)(H,65,74)(H,66,75)(H,67,85)/t26?,33?,34?,35?,36?,37?,38-,39-,40?,41-,42?,43+,44+,45?,46+,47?,48+,49?,50?,51+,52+,53?,54+,55?,57?,58-,59?,60-,61?,62+/m0/s1. The van der Waals surface area contributed by atoms with Crippen LogP contribution in [0.2, 0.25) is 0 Å². The summed E-state index contributed by atoms with van der Waals surface area (Å²) in [4.78, 5) is 65.0. The van der Waals surface area contributed by atoms with Gasteiger partial charge in [0.2, 0.25) is 23.6 Å². The Morgan fingerprint density at radius 2 is 0.816 bits per heavy atom. The van der Waals surface area contributed by atoms with Crippen molar-refractivity contribution in [1.29, 1.82) is 0 Å². The molecule has 7 rings (SSSR count). The number of hydrogen-bond donors (Lipinski definition) is 19. The molecular weight excluding hydrogens is 1310 g/mol. The fraction of sp³-hybridized carbons (Fsp3) is 0.823. The van der Waals surface area contributed by atoms with Gasteiger partial charge in [-0.05, 0) is 31.5 Å². The summed E-state index contributed by atoms with van der Waals surface area (Å²) < 4.78 is 72.0. The van der Waals surface area contributed by atoms with Crippen LogP contribution in [0.4, 0.5) is 0 Å². The lowest BCUT2D eigenvalue weighted by Crippen LogP contribution is -2.72. The maximum atomic E-state index is 14.0. The summed E-state index contributed by atoms with van der Waals surface area (Å²) in [5.74, 6) is -3.68. The molecule has 0 aliphatic carbocycles. The molecule has 36 heteroatoms. The minimum atomic E-state index is -2.07. The molecule has 0 aromatic heterocycles. The molecule has 1 aromatic carbocycles. The van der Waals surface area contributed by atoms with E-state index in [1.54, 1.807) is 12.1 Å². The number of rotatable bonds is 32. The van der Waals surface area contributed by atoms with Crippen LogP contribution in [-0.4, -0.2) is 325 Å². The highest BCUT2D eigenvalue weighted by atomic mass is 16.8. The number of ether oxygens (including phenoxy) is 12. The van der Waals surface area contributed by atoms with Crippen LogP contribution in [0.5, 0.6) is 5.75 Å². The topological polar surface area (TPSA) is 539 Å². The summed E-state index contributed by atoms with van der Waals surface area (Å²) in [6.07, 6.45) is -34.9. The monoisotopic (exact) mass is 1410 g/mol. The molecule has 6 saturated heterocycles. The third-order valence-corrected chi connectivity index (χ3v) is 17.9. The average molecular weight is 1410 g/mol. The Labute approximate surface area is 565 Å². The van der Waals surface area contributed by atoms with Gasteiger partial charge < -0.3 is 155 Å². The van der Waals surface area contributed by atoms with Gasteiger partial charge in [-0.25, -0.2) is 0 Å². The number of hydrogen-bond acceptors (Lipinski definition) is 31. The van der Waals surface area contributed by atoms with Crippen molar-refractivity contribution in [3.05, 3.63) is 29.8 Å². The second-order valence-corrected chi connectivity index (χ2v) is 25.4. The molecule has 0 saturated carbocycles. The molecule has 0 radical (unpaired) electrons. The highest BCUT2D eigenvalue weighted by Gasteiger charge is 2.58. The van der Waals surface area contributed by atoms with Crippen LogP contribution in [0, 0.1) is 0 Å². The van der Waals surface area contributed by atoms with Gasteiger partial charge >= 0.3 is 0 Å². The van der Waals surface area contributed by atoms with Gasteiger partial charge in [-0.2, -0.15) is 0 Å². The van der Waals surface area contributed by atoms with Crippen molar-refractivity contribution in [2.24, 2.45) is 0 Å². The normalized spacial score (nSPS) is 39.8. The highest BCUT2D eigenvalue weighted by Crippen LogP contribution is 2.37. The van der Waals surface area contributed by atoms with Crippen molar-refractivity contribution in [2.45, 2.75) is 283 Å². The van der Waals surface area contributed by atoms with Gasteiger partial charge in [-0.15, -0.1) is 0 Å². The lowest BCUT2D eigenvalue weighted by Gasteiger charge is -2.51. The van der Waals surface area contributed by atoms with Gasteiger partial charge in [0, 0.05) is 33.3 Å². The Bertz CT molecular complexity index is 2660. The molecule has 6 aliphatic rings. The third kappa shape index (κ3) is 20.6. The Hall–Kier alpha value is -4.63. The van der Waals surface area contributed by atoms with Crippen LogP contribution < -0.4 is 31.3 Å². The van der Waals surface area contributed by atoms with Crippen LogP contribution in [0.25, 0.3) is 0 Å². The van der Waals surface area contributed by atoms with Crippen molar-refractivity contribution in [3.8, 4) is 5.75 Å². The molecule has 5 amide bonds. The zero-order chi connectivity index (χ0) is 71.8. The summed E-state index contributed by atoms with van der Waals surface area (Å²) >= 11 is 0. The Balaban J connectivity index is 1.07. The second-order valence-electron chi connectivity index (χ2n) is 25.4. The predicted molar refractivity (Wildman–Crippen MR) is 329 cm³/mol. The Kier molecular flexibility index (Phi) is 31.3. The van der Waals surface area contributed by atoms with Crippen molar-refractivity contribution >= 4 is 29.5 Å². The number of carbonyl (C=O) groups is 5. The molecular formula is C62H101N5O31. The zero-order valence-electron chi connectivity index (χ0n) is 55.4. The maximum absolute atomic E-state index is 14.0. The number of aliphatic hydroxyl groups excluding tert-OH is 14. The van der Waals surface area contributed by atoms with Crippen LogP contribution in [-0.2, 0) is 71.3 Å². The van der Waals surface area contributed by atoms with Gasteiger partial charge in [0.1, 0.15) is 146 Å². The fourth-order valence-corrected chi connectivity index (χ4v) is 12.7. The smallest absolute Gasteiger partial charge is 0.251 e. The summed E-state index contributed by atoms with van der Waals surface area (Å²) in [5.41, 5.74) is 0.0594. The Morgan fingerprint density at radius 1 is 0.418 bits per heavy atom. The summed E-state index contributed by atoms with van der Waals surface area (Å²) in [6.45, 7) is 3.38. The number of amides is 5. The van der Waals surface area contributed by atoms with Crippen molar-refractivity contribution < 1.29 is 152 Å². The molecule has 30 atom stereocenters. The molecule has 1 aromatic rings. The van der Waals surface area contributed by atoms with Gasteiger partial charge in [-0.1, -0.05) is 64.4 Å². The summed E-state index contributed by atoms with van der Waals surface area (Å²) in [7, 11) is 0. The first-order chi connectivity index (χ1) is 46.7. The lowest BCUT2D eigenvalue weighted by molar-refractivity contribution is -0.368. The molecule has 17 unspecified atom stereocenters.